The molecule has 0 bridgehead atoms. The lowest BCUT2D eigenvalue weighted by molar-refractivity contribution is 0.0311. The normalized spacial score (nSPS) is 30.0. The fourth-order valence-corrected chi connectivity index (χ4v) is 3.83. The monoisotopic (exact) mass is 289 g/mol. The van der Waals surface area contributed by atoms with Crippen LogP contribution in [0.25, 0.3) is 0 Å². The fourth-order valence-electron chi connectivity index (χ4n) is 3.83. The van der Waals surface area contributed by atoms with Gasteiger partial charge in [-0.2, -0.15) is 0 Å². The van der Waals surface area contributed by atoms with E-state index >= 15 is 0 Å². The molecule has 2 aliphatic heterocycles. The molecule has 0 aromatic heterocycles. The zero-order valence-corrected chi connectivity index (χ0v) is 12.9. The van der Waals surface area contributed by atoms with Crippen LogP contribution in [0.15, 0.2) is 30.3 Å². The van der Waals surface area contributed by atoms with Crippen LogP contribution in [0.3, 0.4) is 0 Å². The molecule has 1 aromatic carbocycles. The first-order chi connectivity index (χ1) is 10.1. The number of aliphatic hydroxyl groups excluding tert-OH is 1. The van der Waals surface area contributed by atoms with E-state index in [0.717, 1.165) is 25.2 Å². The van der Waals surface area contributed by atoms with Gasteiger partial charge in [-0.25, -0.2) is 0 Å². The summed E-state index contributed by atoms with van der Waals surface area (Å²) in [5, 5.41) is 9.88. The summed E-state index contributed by atoms with van der Waals surface area (Å²) in [7, 11) is 0. The molecule has 1 aromatic rings. The summed E-state index contributed by atoms with van der Waals surface area (Å²) in [6.45, 7) is 6.42. The lowest BCUT2D eigenvalue weighted by atomic mass is 9.90. The Balaban J connectivity index is 1.74. The van der Waals surface area contributed by atoms with Crippen molar-refractivity contribution in [2.45, 2.75) is 37.4 Å². The standard InChI is InChI=1S/C17H27N3O/c1-14-10-19-9-5-8-16(19)11-20(14)12-17(18,13-21)15-6-3-2-4-7-15/h2-4,6-7,14,16,21H,5,8-13,18H2,1H3. The minimum Gasteiger partial charge on any atom is -0.394 e. The predicted octanol–water partition coefficient (Wildman–Crippen LogP) is 1.00. The third-order valence-electron chi connectivity index (χ3n) is 5.18. The Labute approximate surface area is 127 Å². The highest BCUT2D eigenvalue weighted by molar-refractivity contribution is 5.24. The highest BCUT2D eigenvalue weighted by atomic mass is 16.3. The number of fused-ring (bicyclic) bond motifs is 1. The third kappa shape index (κ3) is 2.99. The maximum absolute atomic E-state index is 9.88. The molecule has 0 saturated carbocycles. The van der Waals surface area contributed by atoms with Crippen molar-refractivity contribution in [2.75, 3.05) is 32.8 Å². The summed E-state index contributed by atoms with van der Waals surface area (Å²) in [6, 6.07) is 11.2. The van der Waals surface area contributed by atoms with Gasteiger partial charge in [-0.3, -0.25) is 9.80 Å². The molecule has 2 heterocycles. The highest BCUT2D eigenvalue weighted by Gasteiger charge is 2.38. The molecule has 0 radical (unpaired) electrons. The molecule has 0 amide bonds. The Morgan fingerprint density at radius 1 is 1.29 bits per heavy atom. The van der Waals surface area contributed by atoms with Gasteiger partial charge in [0.2, 0.25) is 0 Å². The summed E-state index contributed by atoms with van der Waals surface area (Å²) in [6.07, 6.45) is 2.61. The number of aliphatic hydroxyl groups is 1. The number of benzene rings is 1. The molecule has 3 unspecified atom stereocenters. The van der Waals surface area contributed by atoms with Gasteiger partial charge in [-0.05, 0) is 31.9 Å². The zero-order valence-electron chi connectivity index (χ0n) is 12.9. The van der Waals surface area contributed by atoms with E-state index in [1.165, 1.54) is 19.4 Å². The molecule has 3 rings (SSSR count). The van der Waals surface area contributed by atoms with Gasteiger partial charge >= 0.3 is 0 Å². The van der Waals surface area contributed by atoms with Gasteiger partial charge in [-0.15, -0.1) is 0 Å². The van der Waals surface area contributed by atoms with Crippen LogP contribution in [-0.4, -0.2) is 59.8 Å². The van der Waals surface area contributed by atoms with Crippen LogP contribution in [-0.2, 0) is 5.54 Å². The van der Waals surface area contributed by atoms with Crippen LogP contribution in [0.4, 0.5) is 0 Å². The summed E-state index contributed by atoms with van der Waals surface area (Å²) in [5.74, 6) is 0. The summed E-state index contributed by atoms with van der Waals surface area (Å²) >= 11 is 0. The minimum absolute atomic E-state index is 0.0192. The third-order valence-corrected chi connectivity index (χ3v) is 5.18. The molecule has 3 N–H and O–H groups in total. The molecule has 2 fully saturated rings. The van der Waals surface area contributed by atoms with Crippen molar-refractivity contribution in [1.29, 1.82) is 0 Å². The van der Waals surface area contributed by atoms with Crippen molar-refractivity contribution >= 4 is 0 Å². The topological polar surface area (TPSA) is 52.7 Å². The summed E-state index contributed by atoms with van der Waals surface area (Å²) in [4.78, 5) is 5.08. The van der Waals surface area contributed by atoms with Gasteiger partial charge in [0.15, 0.2) is 0 Å². The number of hydrogen-bond acceptors (Lipinski definition) is 4. The van der Waals surface area contributed by atoms with E-state index in [1.54, 1.807) is 0 Å². The molecule has 2 aliphatic rings. The van der Waals surface area contributed by atoms with E-state index < -0.39 is 5.54 Å². The van der Waals surface area contributed by atoms with Crippen molar-refractivity contribution in [2.24, 2.45) is 5.73 Å². The lowest BCUT2D eigenvalue weighted by Gasteiger charge is -2.45. The van der Waals surface area contributed by atoms with E-state index in [1.807, 2.05) is 30.3 Å². The second kappa shape index (κ2) is 6.05. The van der Waals surface area contributed by atoms with Crippen molar-refractivity contribution < 1.29 is 5.11 Å². The van der Waals surface area contributed by atoms with E-state index in [2.05, 4.69) is 16.7 Å². The Bertz CT molecular complexity index is 466. The SMILES string of the molecule is CC1CN2CCCC2CN1CC(N)(CO)c1ccccc1. The first-order valence-corrected chi connectivity index (χ1v) is 8.06. The predicted molar refractivity (Wildman–Crippen MR) is 85.0 cm³/mol. The molecule has 4 heteroatoms. The second-order valence-electron chi connectivity index (χ2n) is 6.75. The summed E-state index contributed by atoms with van der Waals surface area (Å²) in [5.41, 5.74) is 6.90. The van der Waals surface area contributed by atoms with Crippen LogP contribution >= 0.6 is 0 Å². The van der Waals surface area contributed by atoms with E-state index in [-0.39, 0.29) is 6.61 Å². The largest absolute Gasteiger partial charge is 0.394 e. The first kappa shape index (κ1) is 15.0. The molecule has 3 atom stereocenters. The number of rotatable bonds is 4. The molecule has 21 heavy (non-hydrogen) atoms. The average Bonchev–Trinajstić information content (AvgIpc) is 2.95. The summed E-state index contributed by atoms with van der Waals surface area (Å²) < 4.78 is 0. The first-order valence-electron chi connectivity index (χ1n) is 8.06. The second-order valence-corrected chi connectivity index (χ2v) is 6.75. The van der Waals surface area contributed by atoms with Gasteiger partial charge in [0.1, 0.15) is 0 Å². The molecular weight excluding hydrogens is 262 g/mol. The average molecular weight is 289 g/mol. The lowest BCUT2D eigenvalue weighted by Crippen LogP contribution is -2.60. The Hall–Kier alpha value is -0.940. The van der Waals surface area contributed by atoms with Crippen molar-refractivity contribution in [3.63, 3.8) is 0 Å². The van der Waals surface area contributed by atoms with E-state index in [0.29, 0.717) is 12.1 Å². The van der Waals surface area contributed by atoms with Crippen molar-refractivity contribution in [3.05, 3.63) is 35.9 Å². The Kier molecular flexibility index (Phi) is 4.31. The molecule has 0 spiro atoms. The van der Waals surface area contributed by atoms with Gasteiger partial charge in [0.05, 0.1) is 12.1 Å². The van der Waals surface area contributed by atoms with Crippen LogP contribution in [0, 0.1) is 0 Å². The van der Waals surface area contributed by atoms with Gasteiger partial charge < -0.3 is 10.8 Å². The smallest absolute Gasteiger partial charge is 0.0773 e. The molecular formula is C17H27N3O. The minimum atomic E-state index is -0.670. The van der Waals surface area contributed by atoms with Gasteiger partial charge in [0, 0.05) is 31.7 Å². The molecule has 116 valence electrons. The fraction of sp³-hybridized carbons (Fsp3) is 0.647. The van der Waals surface area contributed by atoms with Crippen LogP contribution in [0.2, 0.25) is 0 Å². The molecule has 4 nitrogen and oxygen atoms in total. The van der Waals surface area contributed by atoms with E-state index in [9.17, 15) is 5.11 Å². The van der Waals surface area contributed by atoms with Gasteiger partial charge in [-0.1, -0.05) is 30.3 Å². The maximum Gasteiger partial charge on any atom is 0.0773 e. The number of hydrogen-bond donors (Lipinski definition) is 2. The molecule has 2 saturated heterocycles. The maximum atomic E-state index is 9.88. The zero-order chi connectivity index (χ0) is 14.9. The molecule has 0 aliphatic carbocycles. The highest BCUT2D eigenvalue weighted by Crippen LogP contribution is 2.27. The van der Waals surface area contributed by atoms with E-state index in [4.69, 9.17) is 5.73 Å². The quantitative estimate of drug-likeness (QED) is 0.868. The van der Waals surface area contributed by atoms with Crippen molar-refractivity contribution in [1.82, 2.24) is 9.80 Å². The van der Waals surface area contributed by atoms with Crippen molar-refractivity contribution in [3.8, 4) is 0 Å². The Morgan fingerprint density at radius 3 is 2.76 bits per heavy atom. The van der Waals surface area contributed by atoms with Crippen LogP contribution < -0.4 is 5.73 Å². The Morgan fingerprint density at radius 2 is 2.05 bits per heavy atom. The number of nitrogens with two attached hydrogens (primary N) is 1. The number of nitrogens with zero attached hydrogens (tertiary/aromatic N) is 2. The van der Waals surface area contributed by atoms with Crippen LogP contribution in [0.1, 0.15) is 25.3 Å². The van der Waals surface area contributed by atoms with Gasteiger partial charge in [0.25, 0.3) is 0 Å². The van der Waals surface area contributed by atoms with Crippen LogP contribution in [0.5, 0.6) is 0 Å². The number of piperazine rings is 1.